The zero-order valence-corrected chi connectivity index (χ0v) is 10.9. The number of nitro groups is 1. The quantitative estimate of drug-likeness (QED) is 0.643. The summed E-state index contributed by atoms with van der Waals surface area (Å²) in [6.07, 6.45) is 0.681. The van der Waals surface area contributed by atoms with Crippen molar-refractivity contribution < 1.29 is 18.1 Å². The first-order chi connectivity index (χ1) is 8.27. The van der Waals surface area contributed by atoms with Gasteiger partial charge in [0.1, 0.15) is 10.6 Å². The Bertz CT molecular complexity index is 568. The van der Waals surface area contributed by atoms with Crippen molar-refractivity contribution >= 4 is 15.7 Å². The number of primary sulfonamides is 1. The molecule has 8 heteroatoms. The van der Waals surface area contributed by atoms with Crippen LogP contribution in [-0.2, 0) is 10.0 Å². The van der Waals surface area contributed by atoms with Crippen LogP contribution in [0, 0.1) is 17.0 Å². The number of sulfonamides is 1. The number of aryl methyl sites for hydroxylation is 1. The summed E-state index contributed by atoms with van der Waals surface area (Å²) in [5.74, 6) is 0.0740. The van der Waals surface area contributed by atoms with Gasteiger partial charge in [-0.25, -0.2) is 13.6 Å². The Balaban J connectivity index is 3.45. The SMILES string of the molecule is CCCOc1c(C)cc([N+](=O)[O-])cc1S(N)(=O)=O. The van der Waals surface area contributed by atoms with Crippen molar-refractivity contribution in [1.82, 2.24) is 0 Å². The summed E-state index contributed by atoms with van der Waals surface area (Å²) >= 11 is 0. The van der Waals surface area contributed by atoms with Crippen LogP contribution in [0.1, 0.15) is 18.9 Å². The normalized spacial score (nSPS) is 11.3. The smallest absolute Gasteiger partial charge is 0.271 e. The van der Waals surface area contributed by atoms with Crippen LogP contribution in [0.2, 0.25) is 0 Å². The molecule has 0 radical (unpaired) electrons. The maximum absolute atomic E-state index is 11.4. The number of nitro benzene ring substituents is 1. The standard InChI is InChI=1S/C10H14N2O5S/c1-3-4-17-10-7(2)5-8(12(13)14)6-9(10)18(11,15)16/h5-6H,3-4H2,1-2H3,(H2,11,15,16). The number of non-ortho nitro benzene ring substituents is 1. The third kappa shape index (κ3) is 3.17. The second-order valence-corrected chi connectivity index (χ2v) is 5.27. The maximum Gasteiger partial charge on any atom is 0.271 e. The number of hydrogen-bond donors (Lipinski definition) is 1. The molecule has 1 aromatic rings. The summed E-state index contributed by atoms with van der Waals surface area (Å²) in [6, 6.07) is 2.16. The van der Waals surface area contributed by atoms with E-state index in [9.17, 15) is 18.5 Å². The molecule has 100 valence electrons. The fourth-order valence-corrected chi connectivity index (χ4v) is 2.19. The Hall–Kier alpha value is -1.67. The summed E-state index contributed by atoms with van der Waals surface area (Å²) in [4.78, 5) is 9.65. The van der Waals surface area contributed by atoms with Crippen molar-refractivity contribution in [3.05, 3.63) is 27.8 Å². The second kappa shape index (κ2) is 5.32. The van der Waals surface area contributed by atoms with Crippen molar-refractivity contribution in [3.63, 3.8) is 0 Å². The first-order valence-electron chi connectivity index (χ1n) is 5.22. The molecule has 0 saturated carbocycles. The van der Waals surface area contributed by atoms with E-state index in [-0.39, 0.29) is 16.3 Å². The molecule has 0 amide bonds. The van der Waals surface area contributed by atoms with Gasteiger partial charge in [-0.15, -0.1) is 0 Å². The molecule has 0 unspecified atom stereocenters. The monoisotopic (exact) mass is 274 g/mol. The average molecular weight is 274 g/mol. The van der Waals surface area contributed by atoms with E-state index in [1.807, 2.05) is 6.92 Å². The first kappa shape index (κ1) is 14.4. The molecule has 18 heavy (non-hydrogen) atoms. The van der Waals surface area contributed by atoms with Gasteiger partial charge in [-0.2, -0.15) is 0 Å². The van der Waals surface area contributed by atoms with E-state index in [1.165, 1.54) is 13.0 Å². The van der Waals surface area contributed by atoms with Gasteiger partial charge in [0.15, 0.2) is 0 Å². The van der Waals surface area contributed by atoms with E-state index in [0.717, 1.165) is 6.07 Å². The lowest BCUT2D eigenvalue weighted by Gasteiger charge is -2.12. The number of ether oxygens (including phenoxy) is 1. The molecule has 0 fully saturated rings. The lowest BCUT2D eigenvalue weighted by Crippen LogP contribution is -2.15. The van der Waals surface area contributed by atoms with E-state index in [4.69, 9.17) is 9.88 Å². The Labute approximate surface area is 105 Å². The van der Waals surface area contributed by atoms with Gasteiger partial charge in [-0.3, -0.25) is 10.1 Å². The topological polar surface area (TPSA) is 113 Å². The summed E-state index contributed by atoms with van der Waals surface area (Å²) < 4.78 is 28.1. The van der Waals surface area contributed by atoms with Crippen molar-refractivity contribution in [2.45, 2.75) is 25.2 Å². The van der Waals surface area contributed by atoms with E-state index in [2.05, 4.69) is 0 Å². The van der Waals surface area contributed by atoms with E-state index < -0.39 is 14.9 Å². The highest BCUT2D eigenvalue weighted by atomic mass is 32.2. The zero-order chi connectivity index (χ0) is 13.9. The molecule has 0 heterocycles. The molecule has 2 N–H and O–H groups in total. The van der Waals surface area contributed by atoms with Gasteiger partial charge in [-0.1, -0.05) is 6.92 Å². The highest BCUT2D eigenvalue weighted by Gasteiger charge is 2.22. The lowest BCUT2D eigenvalue weighted by atomic mass is 10.2. The van der Waals surface area contributed by atoms with Crippen LogP contribution in [0.5, 0.6) is 5.75 Å². The van der Waals surface area contributed by atoms with E-state index in [1.54, 1.807) is 0 Å². The predicted molar refractivity (Wildman–Crippen MR) is 65.0 cm³/mol. The van der Waals surface area contributed by atoms with Crippen LogP contribution in [0.4, 0.5) is 5.69 Å². The minimum absolute atomic E-state index is 0.0740. The van der Waals surface area contributed by atoms with Crippen molar-refractivity contribution in [2.24, 2.45) is 5.14 Å². The number of nitrogens with zero attached hydrogens (tertiary/aromatic N) is 1. The van der Waals surface area contributed by atoms with Gasteiger partial charge in [-0.05, 0) is 18.9 Å². The summed E-state index contributed by atoms with van der Waals surface area (Å²) in [5.41, 5.74) is 0.0297. The molecule has 0 aliphatic carbocycles. The first-order valence-corrected chi connectivity index (χ1v) is 6.76. The summed E-state index contributed by atoms with van der Waals surface area (Å²) in [7, 11) is -4.07. The van der Waals surface area contributed by atoms with Gasteiger partial charge in [0, 0.05) is 12.1 Å². The molecule has 0 aliphatic rings. The highest BCUT2D eigenvalue weighted by Crippen LogP contribution is 2.31. The average Bonchev–Trinajstić information content (AvgIpc) is 2.25. The Morgan fingerprint density at radius 2 is 2.06 bits per heavy atom. The number of nitrogens with two attached hydrogens (primary N) is 1. The Kier molecular flexibility index (Phi) is 4.25. The molecular weight excluding hydrogens is 260 g/mol. The Morgan fingerprint density at radius 3 is 2.50 bits per heavy atom. The van der Waals surface area contributed by atoms with Crippen LogP contribution >= 0.6 is 0 Å². The minimum atomic E-state index is -4.07. The Morgan fingerprint density at radius 1 is 1.44 bits per heavy atom. The van der Waals surface area contributed by atoms with Gasteiger partial charge in [0.2, 0.25) is 10.0 Å². The van der Waals surface area contributed by atoms with Crippen LogP contribution in [0.15, 0.2) is 17.0 Å². The molecular formula is C10H14N2O5S. The fraction of sp³-hybridized carbons (Fsp3) is 0.400. The van der Waals surface area contributed by atoms with Crippen LogP contribution in [0.3, 0.4) is 0 Å². The summed E-state index contributed by atoms with van der Waals surface area (Å²) in [6.45, 7) is 3.70. The van der Waals surface area contributed by atoms with Crippen LogP contribution < -0.4 is 9.88 Å². The number of rotatable bonds is 5. The minimum Gasteiger partial charge on any atom is -0.492 e. The third-order valence-electron chi connectivity index (χ3n) is 2.19. The molecule has 0 bridgehead atoms. The highest BCUT2D eigenvalue weighted by molar-refractivity contribution is 7.89. The zero-order valence-electron chi connectivity index (χ0n) is 10.0. The molecule has 0 aliphatic heterocycles. The largest absolute Gasteiger partial charge is 0.492 e. The fourth-order valence-electron chi connectivity index (χ4n) is 1.43. The van der Waals surface area contributed by atoms with Gasteiger partial charge in [0.05, 0.1) is 11.5 Å². The molecule has 0 saturated heterocycles. The van der Waals surface area contributed by atoms with Crippen LogP contribution in [0.25, 0.3) is 0 Å². The molecule has 0 atom stereocenters. The van der Waals surface area contributed by atoms with Gasteiger partial charge < -0.3 is 4.74 Å². The third-order valence-corrected chi connectivity index (χ3v) is 3.11. The maximum atomic E-state index is 11.4. The molecule has 7 nitrogen and oxygen atoms in total. The summed E-state index contributed by atoms with van der Waals surface area (Å²) in [5, 5.41) is 15.7. The molecule has 0 spiro atoms. The molecule has 0 aromatic heterocycles. The molecule has 1 rings (SSSR count). The molecule has 1 aromatic carbocycles. The van der Waals surface area contributed by atoms with Crippen LogP contribution in [-0.4, -0.2) is 19.9 Å². The van der Waals surface area contributed by atoms with E-state index >= 15 is 0 Å². The van der Waals surface area contributed by atoms with Crippen molar-refractivity contribution in [1.29, 1.82) is 0 Å². The number of hydrogen-bond acceptors (Lipinski definition) is 5. The van der Waals surface area contributed by atoms with Gasteiger partial charge >= 0.3 is 0 Å². The van der Waals surface area contributed by atoms with Crippen molar-refractivity contribution in [2.75, 3.05) is 6.61 Å². The lowest BCUT2D eigenvalue weighted by molar-refractivity contribution is -0.385. The van der Waals surface area contributed by atoms with Gasteiger partial charge in [0.25, 0.3) is 5.69 Å². The van der Waals surface area contributed by atoms with Crippen molar-refractivity contribution in [3.8, 4) is 5.75 Å². The predicted octanol–water partition coefficient (Wildman–Crippen LogP) is 1.34. The van der Waals surface area contributed by atoms with E-state index in [0.29, 0.717) is 18.6 Å². The number of benzene rings is 1. The second-order valence-electron chi connectivity index (χ2n) is 3.74.